The molecule has 6 nitrogen and oxygen atoms in total. The van der Waals surface area contributed by atoms with Crippen molar-refractivity contribution in [1.82, 2.24) is 9.78 Å². The topological polar surface area (TPSA) is 90.0 Å². The number of nitrogens with zero attached hydrogens (tertiary/aromatic N) is 2. The zero-order valence-electron chi connectivity index (χ0n) is 11.6. The number of rotatable bonds is 4. The van der Waals surface area contributed by atoms with Crippen molar-refractivity contribution in [3.05, 3.63) is 44.1 Å². The fourth-order valence-electron chi connectivity index (χ4n) is 2.20. The second-order valence-electron chi connectivity index (χ2n) is 5.16. The van der Waals surface area contributed by atoms with Crippen molar-refractivity contribution < 1.29 is 9.59 Å². The molecule has 0 bridgehead atoms. The second kappa shape index (κ2) is 6.14. The lowest BCUT2D eigenvalue weighted by atomic mass is 10.1. The maximum atomic E-state index is 12.6. The second-order valence-corrected chi connectivity index (χ2v) is 6.83. The fourth-order valence-corrected chi connectivity index (χ4v) is 3.30. The zero-order valence-corrected chi connectivity index (χ0v) is 14.7. The lowest BCUT2D eigenvalue weighted by molar-refractivity contribution is 0.100. The van der Waals surface area contributed by atoms with Gasteiger partial charge in [-0.05, 0) is 40.9 Å². The lowest BCUT2D eigenvalue weighted by Crippen LogP contribution is -2.21. The molecule has 1 aromatic heterocycles. The highest BCUT2D eigenvalue weighted by Crippen LogP contribution is 2.36. The first-order valence-corrected chi connectivity index (χ1v) is 8.27. The number of benzene rings is 1. The molecule has 1 aliphatic rings. The van der Waals surface area contributed by atoms with Crippen LogP contribution < -0.4 is 11.1 Å². The Morgan fingerprint density at radius 2 is 2.00 bits per heavy atom. The predicted octanol–water partition coefficient (Wildman–Crippen LogP) is 3.64. The van der Waals surface area contributed by atoms with Gasteiger partial charge in [-0.1, -0.05) is 23.2 Å². The Morgan fingerprint density at radius 3 is 2.61 bits per heavy atom. The summed E-state index contributed by atoms with van der Waals surface area (Å²) in [5.41, 5.74) is 6.05. The largest absolute Gasteiger partial charge is 0.366 e. The van der Waals surface area contributed by atoms with Gasteiger partial charge in [0.05, 0.1) is 17.3 Å². The number of nitrogens with two attached hydrogens (primary N) is 1. The summed E-state index contributed by atoms with van der Waals surface area (Å²) in [6.07, 6.45) is 1.91. The highest BCUT2D eigenvalue weighted by Gasteiger charge is 2.30. The third-order valence-corrected chi connectivity index (χ3v) is 4.42. The van der Waals surface area contributed by atoms with Crippen LogP contribution in [0.25, 0.3) is 0 Å². The van der Waals surface area contributed by atoms with Crippen LogP contribution in [0.2, 0.25) is 10.2 Å². The summed E-state index contributed by atoms with van der Waals surface area (Å²) in [5.74, 6) is -1.13. The number of anilines is 1. The Labute approximate surface area is 150 Å². The van der Waals surface area contributed by atoms with E-state index in [0.717, 1.165) is 12.8 Å². The minimum Gasteiger partial charge on any atom is -0.366 e. The zero-order chi connectivity index (χ0) is 16.7. The molecule has 1 heterocycles. The Balaban J connectivity index is 1.96. The molecule has 1 aromatic carbocycles. The molecule has 9 heteroatoms. The van der Waals surface area contributed by atoms with Gasteiger partial charge in [0, 0.05) is 15.6 Å². The van der Waals surface area contributed by atoms with Gasteiger partial charge in [0.2, 0.25) is 0 Å². The normalized spacial score (nSPS) is 13.9. The number of carbonyl (C=O) groups is 2. The van der Waals surface area contributed by atoms with E-state index in [-0.39, 0.29) is 22.4 Å². The van der Waals surface area contributed by atoms with E-state index < -0.39 is 11.8 Å². The molecule has 3 N–H and O–H groups in total. The Hall–Kier alpha value is -1.57. The molecule has 0 spiro atoms. The molecule has 2 aromatic rings. The van der Waals surface area contributed by atoms with Crippen molar-refractivity contribution in [3.8, 4) is 0 Å². The summed E-state index contributed by atoms with van der Waals surface area (Å²) in [6.45, 7) is 0. The summed E-state index contributed by atoms with van der Waals surface area (Å²) in [7, 11) is 0. The molecule has 0 aliphatic heterocycles. The van der Waals surface area contributed by atoms with Crippen molar-refractivity contribution in [3.63, 3.8) is 0 Å². The van der Waals surface area contributed by atoms with Crippen LogP contribution in [0.5, 0.6) is 0 Å². The molecule has 0 saturated heterocycles. The first-order valence-electron chi connectivity index (χ1n) is 6.72. The van der Waals surface area contributed by atoms with E-state index in [0.29, 0.717) is 15.2 Å². The molecule has 23 heavy (non-hydrogen) atoms. The molecular formula is C14H11BrCl2N4O2. The van der Waals surface area contributed by atoms with Gasteiger partial charge in [-0.2, -0.15) is 5.10 Å². The molecule has 0 atom stereocenters. The van der Waals surface area contributed by atoms with Crippen LogP contribution >= 0.6 is 39.1 Å². The molecule has 1 saturated carbocycles. The van der Waals surface area contributed by atoms with Crippen LogP contribution in [0.15, 0.2) is 22.7 Å². The van der Waals surface area contributed by atoms with Crippen molar-refractivity contribution in [2.24, 2.45) is 5.73 Å². The van der Waals surface area contributed by atoms with E-state index in [1.54, 1.807) is 10.7 Å². The third-order valence-electron chi connectivity index (χ3n) is 3.39. The van der Waals surface area contributed by atoms with E-state index in [2.05, 4.69) is 26.3 Å². The van der Waals surface area contributed by atoms with E-state index >= 15 is 0 Å². The van der Waals surface area contributed by atoms with Gasteiger partial charge < -0.3 is 11.1 Å². The summed E-state index contributed by atoms with van der Waals surface area (Å²) in [4.78, 5) is 24.1. The van der Waals surface area contributed by atoms with Gasteiger partial charge in [-0.25, -0.2) is 0 Å². The Kier molecular flexibility index (Phi) is 4.35. The lowest BCUT2D eigenvalue weighted by Gasteiger charge is -2.12. The standard InChI is InChI=1S/C14H11BrCl2N4O2/c15-9-4-6(16)3-8(13(18)22)12(9)19-14(23)10-5-11(17)20-21(10)7-1-2-7/h3-5,7H,1-2H2,(H2,18,22)(H,19,23). The number of aromatic nitrogens is 2. The summed E-state index contributed by atoms with van der Waals surface area (Å²) in [5, 5.41) is 7.37. The van der Waals surface area contributed by atoms with Gasteiger partial charge in [-0.3, -0.25) is 14.3 Å². The molecule has 0 radical (unpaired) electrons. The maximum Gasteiger partial charge on any atom is 0.274 e. The smallest absolute Gasteiger partial charge is 0.274 e. The highest BCUT2D eigenvalue weighted by molar-refractivity contribution is 9.10. The van der Waals surface area contributed by atoms with Gasteiger partial charge in [0.25, 0.3) is 11.8 Å². The first kappa shape index (κ1) is 16.3. The monoisotopic (exact) mass is 416 g/mol. The van der Waals surface area contributed by atoms with Gasteiger partial charge in [0.15, 0.2) is 5.15 Å². The third kappa shape index (κ3) is 3.36. The maximum absolute atomic E-state index is 12.6. The minimum atomic E-state index is -0.697. The van der Waals surface area contributed by atoms with Crippen molar-refractivity contribution >= 4 is 56.6 Å². The first-order chi connectivity index (χ1) is 10.9. The minimum absolute atomic E-state index is 0.112. The van der Waals surface area contributed by atoms with Crippen LogP contribution in [0.1, 0.15) is 39.7 Å². The van der Waals surface area contributed by atoms with Crippen LogP contribution in [0, 0.1) is 0 Å². The Bertz CT molecular complexity index is 817. The molecule has 3 rings (SSSR count). The molecule has 2 amide bonds. The van der Waals surface area contributed by atoms with E-state index in [1.165, 1.54) is 12.1 Å². The highest BCUT2D eigenvalue weighted by atomic mass is 79.9. The number of nitrogens with one attached hydrogen (secondary N) is 1. The SMILES string of the molecule is NC(=O)c1cc(Cl)cc(Br)c1NC(=O)c1cc(Cl)nn1C1CC1. The number of hydrogen-bond donors (Lipinski definition) is 2. The average Bonchev–Trinajstić information content (AvgIpc) is 3.23. The number of carbonyl (C=O) groups excluding carboxylic acids is 2. The molecule has 1 aliphatic carbocycles. The van der Waals surface area contributed by atoms with Crippen molar-refractivity contribution in [1.29, 1.82) is 0 Å². The van der Waals surface area contributed by atoms with Gasteiger partial charge in [0.1, 0.15) is 5.69 Å². The van der Waals surface area contributed by atoms with E-state index in [1.807, 2.05) is 0 Å². The fraction of sp³-hybridized carbons (Fsp3) is 0.214. The summed E-state index contributed by atoms with van der Waals surface area (Å²) < 4.78 is 2.06. The summed E-state index contributed by atoms with van der Waals surface area (Å²) >= 11 is 15.1. The number of hydrogen-bond acceptors (Lipinski definition) is 3. The number of primary amides is 1. The summed E-state index contributed by atoms with van der Waals surface area (Å²) in [6, 6.07) is 4.64. The number of halogens is 3. The molecular weight excluding hydrogens is 407 g/mol. The average molecular weight is 418 g/mol. The quantitative estimate of drug-likeness (QED) is 0.795. The Morgan fingerprint density at radius 1 is 1.30 bits per heavy atom. The molecule has 120 valence electrons. The van der Waals surface area contributed by atoms with Crippen molar-refractivity contribution in [2.75, 3.05) is 5.32 Å². The van der Waals surface area contributed by atoms with Crippen LogP contribution in [-0.4, -0.2) is 21.6 Å². The van der Waals surface area contributed by atoms with Crippen LogP contribution in [0.3, 0.4) is 0 Å². The van der Waals surface area contributed by atoms with Crippen LogP contribution in [0.4, 0.5) is 5.69 Å². The van der Waals surface area contributed by atoms with Crippen molar-refractivity contribution in [2.45, 2.75) is 18.9 Å². The predicted molar refractivity (Wildman–Crippen MR) is 91.1 cm³/mol. The van der Waals surface area contributed by atoms with Gasteiger partial charge >= 0.3 is 0 Å². The number of amides is 2. The molecule has 1 fully saturated rings. The van der Waals surface area contributed by atoms with E-state index in [4.69, 9.17) is 28.9 Å². The van der Waals surface area contributed by atoms with Crippen LogP contribution in [-0.2, 0) is 0 Å². The van der Waals surface area contributed by atoms with E-state index in [9.17, 15) is 9.59 Å². The molecule has 0 unspecified atom stereocenters. The van der Waals surface area contributed by atoms with Gasteiger partial charge in [-0.15, -0.1) is 0 Å².